The highest BCUT2D eigenvalue weighted by atomic mass is 19.1. The van der Waals surface area contributed by atoms with Crippen molar-refractivity contribution in [2.24, 2.45) is 5.89 Å². The van der Waals surface area contributed by atoms with Gasteiger partial charge in [0.05, 0.1) is 9.30 Å². The van der Waals surface area contributed by atoms with E-state index in [1.807, 2.05) is 0 Å². The van der Waals surface area contributed by atoms with Gasteiger partial charge in [-0.25, -0.2) is 4.39 Å². The lowest BCUT2D eigenvalue weighted by Crippen LogP contribution is -2.38. The second-order valence-corrected chi connectivity index (χ2v) is 5.27. The zero-order valence-corrected chi connectivity index (χ0v) is 12.6. The third-order valence-electron chi connectivity index (χ3n) is 3.72. The van der Waals surface area contributed by atoms with Crippen LogP contribution in [0.3, 0.4) is 0 Å². The van der Waals surface area contributed by atoms with E-state index in [1.54, 1.807) is 0 Å². The largest absolute Gasteiger partial charge is 0.493 e. The second kappa shape index (κ2) is 6.69. The number of nitrogens with one attached hydrogen (secondary N) is 1. The molecule has 0 bridgehead atoms. The van der Waals surface area contributed by atoms with Crippen molar-refractivity contribution in [3.05, 3.63) is 53.8 Å². The molecule has 1 unspecified atom stereocenters. The topological polar surface area (TPSA) is 39.7 Å². The van der Waals surface area contributed by atoms with E-state index >= 15 is 0 Å². The van der Waals surface area contributed by atoms with E-state index in [0.717, 1.165) is 12.1 Å². The van der Waals surface area contributed by atoms with Gasteiger partial charge in [-0.2, -0.15) is 0 Å². The number of piperidine rings is 1. The number of rotatable bonds is 4. The summed E-state index contributed by atoms with van der Waals surface area (Å²) in [7, 11) is 0. The highest BCUT2D eigenvalue weighted by Crippen LogP contribution is 2.36. The molecule has 0 aliphatic carbocycles. The van der Waals surface area contributed by atoms with Crippen LogP contribution in [0.2, 0.25) is 0 Å². The molecule has 2 atom stereocenters. The number of hydrogen-bond donors (Lipinski definition) is 1. The molecule has 2 aliphatic rings. The van der Waals surface area contributed by atoms with Crippen molar-refractivity contribution in [3.8, 4) is 17.2 Å². The number of hydrogen-bond acceptors (Lipinski definition) is 4. The Morgan fingerprint density at radius 2 is 2.08 bits per heavy atom. The Morgan fingerprint density at radius 3 is 2.96 bits per heavy atom. The molecule has 4 nitrogen and oxygen atoms in total. The van der Waals surface area contributed by atoms with Crippen LogP contribution in [-0.4, -0.2) is 26.3 Å². The lowest BCUT2D eigenvalue weighted by atomic mass is 9.81. The first-order valence-electron chi connectivity index (χ1n) is 11.4. The van der Waals surface area contributed by atoms with Gasteiger partial charge in [-0.3, -0.25) is 0 Å². The van der Waals surface area contributed by atoms with Crippen molar-refractivity contribution in [3.63, 3.8) is 0 Å². The Labute approximate surface area is 151 Å². The lowest BCUT2D eigenvalue weighted by molar-refractivity contribution is 0.173. The maximum Gasteiger partial charge on any atom is 0.231 e. The Kier molecular flexibility index (Phi) is 2.43. The molecule has 0 spiro atoms. The average molecular weight is 337 g/mol. The van der Waals surface area contributed by atoms with Crippen LogP contribution in [0.25, 0.3) is 0 Å². The summed E-state index contributed by atoms with van der Waals surface area (Å²) in [6.45, 7) is -7.85. The van der Waals surface area contributed by atoms with Crippen molar-refractivity contribution in [2.75, 3.05) is 26.3 Å². The Balaban J connectivity index is 1.71. The Bertz CT molecular complexity index is 1040. The summed E-state index contributed by atoms with van der Waals surface area (Å²) >= 11 is 0. The molecule has 4 rings (SSSR count). The van der Waals surface area contributed by atoms with Crippen molar-refractivity contribution in [1.82, 2.24) is 5.32 Å². The van der Waals surface area contributed by atoms with Crippen LogP contribution in [0, 0.1) is 11.7 Å². The molecule has 1 saturated heterocycles. The van der Waals surface area contributed by atoms with Crippen LogP contribution < -0.4 is 19.5 Å². The molecular formula is C19H20FNO3. The van der Waals surface area contributed by atoms with E-state index in [0.29, 0.717) is 0 Å². The number of fused-ring (bicyclic) bond motifs is 1. The van der Waals surface area contributed by atoms with Gasteiger partial charge in [0.15, 0.2) is 11.5 Å². The lowest BCUT2D eigenvalue weighted by Gasteiger charge is -2.32. The van der Waals surface area contributed by atoms with Crippen molar-refractivity contribution in [2.45, 2.75) is 12.3 Å². The minimum Gasteiger partial charge on any atom is -0.493 e. The summed E-state index contributed by atoms with van der Waals surface area (Å²) < 4.78 is 95.1. The van der Waals surface area contributed by atoms with Gasteiger partial charge in [-0.1, -0.05) is 12.1 Å². The molecule has 1 N–H and O–H groups in total. The monoisotopic (exact) mass is 337 g/mol. The number of ether oxygens (including phenoxy) is 3. The minimum atomic E-state index is -2.83. The zero-order valence-electron chi connectivity index (χ0n) is 20.6. The SMILES string of the molecule is [2H]C1([2H])CC([2H])(c2ccc(F)cc2)[C@@]([2H])(C([2H])([2H])Oc2ccc3c(c2)OC([2H])([2H])O3)CN1. The standard InChI is InChI=1S/C19H20FNO3/c20-15-3-1-13(2-4-15)17-7-8-21-10-14(17)11-22-16-5-6-18-19(9-16)24-12-23-18/h1-6,9,14,17,21H,7-8,10-12H2/t14-,17?/m1/s1/i8D2,11D2,12D2,14D,17D. The van der Waals surface area contributed by atoms with Crippen LogP contribution in [-0.2, 0) is 0 Å². The second-order valence-electron chi connectivity index (χ2n) is 5.27. The Morgan fingerprint density at radius 1 is 1.25 bits per heavy atom. The first-order chi connectivity index (χ1) is 14.7. The van der Waals surface area contributed by atoms with E-state index in [2.05, 4.69) is 5.32 Å². The van der Waals surface area contributed by atoms with Crippen molar-refractivity contribution < 1.29 is 29.6 Å². The quantitative estimate of drug-likeness (QED) is 0.929. The van der Waals surface area contributed by atoms with Crippen LogP contribution in [0.5, 0.6) is 17.2 Å². The molecule has 1 fully saturated rings. The first kappa shape index (κ1) is 8.72. The summed E-state index contributed by atoms with van der Waals surface area (Å²) in [5.74, 6) is -5.12. The molecule has 2 aromatic carbocycles. The van der Waals surface area contributed by atoms with Gasteiger partial charge in [0.25, 0.3) is 0 Å². The van der Waals surface area contributed by atoms with Gasteiger partial charge >= 0.3 is 0 Å². The molecule has 2 aromatic rings. The van der Waals surface area contributed by atoms with Gasteiger partial charge in [-0.15, -0.1) is 0 Å². The van der Waals surface area contributed by atoms with Crippen LogP contribution in [0.4, 0.5) is 4.39 Å². The highest BCUT2D eigenvalue weighted by molar-refractivity contribution is 5.46. The minimum absolute atomic E-state index is 0.0175. The third kappa shape index (κ3) is 3.17. The van der Waals surface area contributed by atoms with Gasteiger partial charge in [-0.05, 0) is 48.6 Å². The predicted octanol–water partition coefficient (Wildman–Crippen LogP) is 3.33. The van der Waals surface area contributed by atoms with Gasteiger partial charge < -0.3 is 19.5 Å². The van der Waals surface area contributed by atoms with Crippen LogP contribution >= 0.6 is 0 Å². The molecule has 2 heterocycles. The summed E-state index contributed by atoms with van der Waals surface area (Å²) in [6, 6.07) is 8.48. The molecule has 0 saturated carbocycles. The van der Waals surface area contributed by atoms with Gasteiger partial charge in [0, 0.05) is 24.0 Å². The molecule has 126 valence electrons. The molecule has 0 radical (unpaired) electrons. The third-order valence-corrected chi connectivity index (χ3v) is 3.72. The van der Waals surface area contributed by atoms with E-state index in [-0.39, 0.29) is 22.8 Å². The first-order valence-corrected chi connectivity index (χ1v) is 7.39. The van der Waals surface area contributed by atoms with Crippen LogP contribution in [0.1, 0.15) is 28.8 Å². The summed E-state index contributed by atoms with van der Waals surface area (Å²) in [5, 5.41) is 2.47. The van der Waals surface area contributed by atoms with E-state index in [1.165, 1.54) is 30.3 Å². The zero-order chi connectivity index (χ0) is 23.6. The molecule has 24 heavy (non-hydrogen) atoms. The Hall–Kier alpha value is -2.27. The van der Waals surface area contributed by atoms with Gasteiger partial charge in [0.1, 0.15) is 14.3 Å². The molecular weight excluding hydrogens is 309 g/mol. The highest BCUT2D eigenvalue weighted by Gasteiger charge is 2.27. The average Bonchev–Trinajstić information content (AvgIpc) is 2.98. The van der Waals surface area contributed by atoms with E-state index in [4.69, 9.17) is 25.2 Å². The smallest absolute Gasteiger partial charge is 0.231 e. The molecule has 5 heteroatoms. The van der Waals surface area contributed by atoms with Gasteiger partial charge in [0.2, 0.25) is 6.75 Å². The summed E-state index contributed by atoms with van der Waals surface area (Å²) in [5.41, 5.74) is 0.0747. The fourth-order valence-electron chi connectivity index (χ4n) is 2.49. The molecule has 2 aliphatic heterocycles. The summed E-state index contributed by atoms with van der Waals surface area (Å²) in [6.07, 6.45) is -0.584. The normalized spacial score (nSPS) is 38.2. The molecule has 0 aromatic heterocycles. The van der Waals surface area contributed by atoms with Crippen LogP contribution in [0.15, 0.2) is 42.5 Å². The number of halogens is 1. The van der Waals surface area contributed by atoms with E-state index < -0.39 is 50.4 Å². The number of benzene rings is 2. The maximum atomic E-state index is 13.5. The van der Waals surface area contributed by atoms with Crippen molar-refractivity contribution in [1.29, 1.82) is 0 Å². The maximum absolute atomic E-state index is 13.5. The fourth-order valence-corrected chi connectivity index (χ4v) is 2.49. The fraction of sp³-hybridized carbons (Fsp3) is 0.368. The van der Waals surface area contributed by atoms with E-state index in [9.17, 15) is 4.39 Å². The summed E-state index contributed by atoms with van der Waals surface area (Å²) in [4.78, 5) is 0. The predicted molar refractivity (Wildman–Crippen MR) is 88.2 cm³/mol. The molecule has 0 amide bonds. The van der Waals surface area contributed by atoms with Crippen molar-refractivity contribution >= 4 is 0 Å².